The third-order valence-electron chi connectivity index (χ3n) is 3.76. The van der Waals surface area contributed by atoms with Crippen molar-refractivity contribution >= 4 is 27.8 Å². The van der Waals surface area contributed by atoms with E-state index in [0.717, 1.165) is 32.6 Å². The molecule has 4 rings (SSSR count). The SMILES string of the molecule is O=[N+]([O-])c1cccc(-c2csc(-c3cncc4ccccc34)n2)c1. The van der Waals surface area contributed by atoms with Gasteiger partial charge in [-0.25, -0.2) is 4.98 Å². The van der Waals surface area contributed by atoms with Gasteiger partial charge >= 0.3 is 0 Å². The molecule has 5 nitrogen and oxygen atoms in total. The van der Waals surface area contributed by atoms with Crippen LogP contribution in [0.1, 0.15) is 0 Å². The number of non-ortho nitro benzene ring substituents is 1. The first-order valence-corrected chi connectivity index (χ1v) is 8.14. The summed E-state index contributed by atoms with van der Waals surface area (Å²) in [5, 5.41) is 15.8. The molecule has 0 aliphatic rings. The predicted molar refractivity (Wildman–Crippen MR) is 94.9 cm³/mol. The molecule has 0 amide bonds. The number of benzene rings is 2. The van der Waals surface area contributed by atoms with Crippen molar-refractivity contribution in [1.82, 2.24) is 9.97 Å². The van der Waals surface area contributed by atoms with Crippen molar-refractivity contribution in [2.24, 2.45) is 0 Å². The highest BCUT2D eigenvalue weighted by atomic mass is 32.1. The molecular weight excluding hydrogens is 322 g/mol. The van der Waals surface area contributed by atoms with Gasteiger partial charge in [-0.15, -0.1) is 11.3 Å². The minimum Gasteiger partial charge on any atom is -0.263 e. The number of fused-ring (bicyclic) bond motifs is 1. The molecule has 0 unspecified atom stereocenters. The lowest BCUT2D eigenvalue weighted by Gasteiger charge is -2.02. The van der Waals surface area contributed by atoms with Gasteiger partial charge in [0.1, 0.15) is 5.01 Å². The first-order valence-electron chi connectivity index (χ1n) is 7.26. The Morgan fingerprint density at radius 2 is 1.92 bits per heavy atom. The van der Waals surface area contributed by atoms with Gasteiger partial charge in [-0.2, -0.15) is 0 Å². The highest BCUT2D eigenvalue weighted by Gasteiger charge is 2.12. The number of thiazole rings is 1. The van der Waals surface area contributed by atoms with E-state index in [0.29, 0.717) is 0 Å². The summed E-state index contributed by atoms with van der Waals surface area (Å²) in [5.41, 5.74) is 2.50. The molecule has 2 heterocycles. The molecule has 0 atom stereocenters. The van der Waals surface area contributed by atoms with Crippen LogP contribution < -0.4 is 0 Å². The molecule has 116 valence electrons. The van der Waals surface area contributed by atoms with Gasteiger partial charge < -0.3 is 0 Å². The molecular formula is C18H11N3O2S. The molecule has 0 aliphatic heterocycles. The fourth-order valence-electron chi connectivity index (χ4n) is 2.60. The fraction of sp³-hybridized carbons (Fsp3) is 0. The van der Waals surface area contributed by atoms with Crippen LogP contribution in [-0.2, 0) is 0 Å². The standard InChI is InChI=1S/C18H11N3O2S/c22-21(23)14-6-3-5-12(8-14)17-11-24-18(20-17)16-10-19-9-13-4-1-2-7-15(13)16/h1-11H. The molecule has 24 heavy (non-hydrogen) atoms. The summed E-state index contributed by atoms with van der Waals surface area (Å²) in [5.74, 6) is 0. The van der Waals surface area contributed by atoms with Crippen LogP contribution in [0.2, 0.25) is 0 Å². The molecule has 0 radical (unpaired) electrons. The average molecular weight is 333 g/mol. The Bertz CT molecular complexity index is 1050. The van der Waals surface area contributed by atoms with Crippen LogP contribution in [0.3, 0.4) is 0 Å². The van der Waals surface area contributed by atoms with Crippen LogP contribution in [-0.4, -0.2) is 14.9 Å². The Hall–Kier alpha value is -3.12. The average Bonchev–Trinajstić information content (AvgIpc) is 3.11. The summed E-state index contributed by atoms with van der Waals surface area (Å²) in [4.78, 5) is 19.5. The Labute approximate surface area is 141 Å². The van der Waals surface area contributed by atoms with E-state index in [1.165, 1.54) is 17.4 Å². The Morgan fingerprint density at radius 3 is 2.79 bits per heavy atom. The van der Waals surface area contributed by atoms with Gasteiger partial charge in [0, 0.05) is 46.4 Å². The topological polar surface area (TPSA) is 68.9 Å². The zero-order chi connectivity index (χ0) is 16.5. The Kier molecular flexibility index (Phi) is 3.51. The van der Waals surface area contributed by atoms with E-state index in [4.69, 9.17) is 0 Å². The van der Waals surface area contributed by atoms with E-state index < -0.39 is 4.92 Å². The van der Waals surface area contributed by atoms with Crippen molar-refractivity contribution in [2.75, 3.05) is 0 Å². The quantitative estimate of drug-likeness (QED) is 0.393. The van der Waals surface area contributed by atoms with Gasteiger partial charge in [0.05, 0.1) is 10.6 Å². The highest BCUT2D eigenvalue weighted by molar-refractivity contribution is 7.13. The van der Waals surface area contributed by atoms with Crippen LogP contribution in [0.15, 0.2) is 66.3 Å². The molecule has 4 aromatic rings. The van der Waals surface area contributed by atoms with Crippen molar-refractivity contribution in [1.29, 1.82) is 0 Å². The summed E-state index contributed by atoms with van der Waals surface area (Å²) >= 11 is 1.51. The van der Waals surface area contributed by atoms with Crippen molar-refractivity contribution in [2.45, 2.75) is 0 Å². The van der Waals surface area contributed by atoms with E-state index in [-0.39, 0.29) is 5.69 Å². The summed E-state index contributed by atoms with van der Waals surface area (Å²) in [6, 6.07) is 14.5. The molecule has 0 fully saturated rings. The van der Waals surface area contributed by atoms with Crippen molar-refractivity contribution in [3.63, 3.8) is 0 Å². The van der Waals surface area contributed by atoms with E-state index >= 15 is 0 Å². The van der Waals surface area contributed by atoms with Gasteiger partial charge in [-0.1, -0.05) is 36.4 Å². The molecule has 6 heteroatoms. The van der Waals surface area contributed by atoms with Crippen LogP contribution in [0.25, 0.3) is 32.6 Å². The van der Waals surface area contributed by atoms with Crippen LogP contribution >= 0.6 is 11.3 Å². The smallest absolute Gasteiger partial charge is 0.263 e. The second-order valence-electron chi connectivity index (χ2n) is 5.25. The first kappa shape index (κ1) is 14.5. The maximum absolute atomic E-state index is 10.9. The highest BCUT2D eigenvalue weighted by Crippen LogP contribution is 2.33. The van der Waals surface area contributed by atoms with Crippen molar-refractivity contribution < 1.29 is 4.92 Å². The van der Waals surface area contributed by atoms with Crippen LogP contribution in [0.5, 0.6) is 0 Å². The Morgan fingerprint density at radius 1 is 1.04 bits per heavy atom. The summed E-state index contributed by atoms with van der Waals surface area (Å²) in [6.45, 7) is 0. The normalized spacial score (nSPS) is 10.8. The zero-order valence-corrected chi connectivity index (χ0v) is 13.2. The first-order chi connectivity index (χ1) is 11.7. The maximum atomic E-state index is 10.9. The minimum atomic E-state index is -0.397. The van der Waals surface area contributed by atoms with Crippen molar-refractivity contribution in [3.05, 3.63) is 76.4 Å². The molecule has 0 aliphatic carbocycles. The van der Waals surface area contributed by atoms with E-state index in [1.807, 2.05) is 41.9 Å². The third-order valence-corrected chi connectivity index (χ3v) is 4.63. The summed E-state index contributed by atoms with van der Waals surface area (Å²) in [7, 11) is 0. The lowest BCUT2D eigenvalue weighted by molar-refractivity contribution is -0.384. The van der Waals surface area contributed by atoms with E-state index in [2.05, 4.69) is 9.97 Å². The Balaban J connectivity index is 1.80. The van der Waals surface area contributed by atoms with E-state index in [9.17, 15) is 10.1 Å². The molecule has 0 bridgehead atoms. The van der Waals surface area contributed by atoms with Gasteiger partial charge in [0.2, 0.25) is 0 Å². The number of hydrogen-bond donors (Lipinski definition) is 0. The van der Waals surface area contributed by atoms with Gasteiger partial charge in [0.15, 0.2) is 0 Å². The zero-order valence-electron chi connectivity index (χ0n) is 12.4. The van der Waals surface area contributed by atoms with Crippen molar-refractivity contribution in [3.8, 4) is 21.8 Å². The number of rotatable bonds is 3. The lowest BCUT2D eigenvalue weighted by atomic mass is 10.1. The number of hydrogen-bond acceptors (Lipinski definition) is 5. The number of nitro groups is 1. The van der Waals surface area contributed by atoms with E-state index in [1.54, 1.807) is 18.3 Å². The van der Waals surface area contributed by atoms with Gasteiger partial charge in [0.25, 0.3) is 5.69 Å². The monoisotopic (exact) mass is 333 g/mol. The second kappa shape index (κ2) is 5.82. The number of nitrogens with zero attached hydrogens (tertiary/aromatic N) is 3. The van der Waals surface area contributed by atoms with Crippen LogP contribution in [0.4, 0.5) is 5.69 Å². The number of aromatic nitrogens is 2. The van der Waals surface area contributed by atoms with Crippen LogP contribution in [0, 0.1) is 10.1 Å². The molecule has 0 spiro atoms. The van der Waals surface area contributed by atoms with Gasteiger partial charge in [-0.3, -0.25) is 15.1 Å². The molecule has 0 saturated heterocycles. The molecule has 0 saturated carbocycles. The van der Waals surface area contributed by atoms with Gasteiger partial charge in [-0.05, 0) is 5.39 Å². The minimum absolute atomic E-state index is 0.0638. The summed E-state index contributed by atoms with van der Waals surface area (Å²) in [6.07, 6.45) is 3.63. The summed E-state index contributed by atoms with van der Waals surface area (Å²) < 4.78 is 0. The largest absolute Gasteiger partial charge is 0.270 e. The molecule has 0 N–H and O–H groups in total. The predicted octanol–water partition coefficient (Wildman–Crippen LogP) is 4.93. The lowest BCUT2D eigenvalue weighted by Crippen LogP contribution is -1.88. The second-order valence-corrected chi connectivity index (χ2v) is 6.11. The fourth-order valence-corrected chi connectivity index (χ4v) is 3.45. The third kappa shape index (κ3) is 2.53. The molecule has 2 aromatic carbocycles. The maximum Gasteiger partial charge on any atom is 0.270 e. The number of nitro benzene ring substituents is 1. The number of pyridine rings is 1. The molecule has 2 aromatic heterocycles.